The molecule has 0 fully saturated rings. The van der Waals surface area contributed by atoms with E-state index in [1.807, 2.05) is 13.8 Å². The third-order valence-corrected chi connectivity index (χ3v) is 3.02. The van der Waals surface area contributed by atoms with Gasteiger partial charge in [-0.15, -0.1) is 0 Å². The molecule has 1 atom stereocenters. The van der Waals surface area contributed by atoms with Gasteiger partial charge in [0.15, 0.2) is 0 Å². The van der Waals surface area contributed by atoms with Gasteiger partial charge in [-0.2, -0.15) is 5.26 Å². The van der Waals surface area contributed by atoms with Crippen LogP contribution in [-0.4, -0.2) is 11.7 Å². The number of aliphatic hydroxyl groups excluding tert-OH is 1. The quantitative estimate of drug-likeness (QED) is 0.885. The fourth-order valence-electron chi connectivity index (χ4n) is 1.37. The van der Waals surface area contributed by atoms with E-state index in [0.717, 1.165) is 5.56 Å². The second-order valence-corrected chi connectivity index (χ2v) is 5.37. The molecule has 0 heterocycles. The first-order valence-corrected chi connectivity index (χ1v) is 6.25. The second-order valence-electron chi connectivity index (χ2n) is 4.96. The smallest absolute Gasteiger partial charge is 0.137 e. The van der Waals surface area contributed by atoms with E-state index in [-0.39, 0.29) is 0 Å². The molecular formula is C14H18ClNO2. The normalized spacial score (nSPS) is 12.9. The van der Waals surface area contributed by atoms with E-state index in [2.05, 4.69) is 6.07 Å². The van der Waals surface area contributed by atoms with Crippen molar-refractivity contribution in [2.75, 3.05) is 6.61 Å². The number of halogens is 1. The molecule has 3 nitrogen and oxygen atoms in total. The number of nitriles is 1. The van der Waals surface area contributed by atoms with Gasteiger partial charge in [0, 0.05) is 0 Å². The van der Waals surface area contributed by atoms with Gasteiger partial charge in [0.2, 0.25) is 0 Å². The molecule has 0 aliphatic heterocycles. The zero-order valence-electron chi connectivity index (χ0n) is 10.9. The van der Waals surface area contributed by atoms with E-state index >= 15 is 0 Å². The Morgan fingerprint density at radius 1 is 1.50 bits per heavy atom. The molecule has 0 spiro atoms. The number of hydrogen-bond acceptors (Lipinski definition) is 3. The van der Waals surface area contributed by atoms with Crippen LogP contribution < -0.4 is 4.74 Å². The second kappa shape index (κ2) is 6.08. The number of aliphatic hydroxyl groups is 1. The van der Waals surface area contributed by atoms with Gasteiger partial charge in [0.05, 0.1) is 29.2 Å². The number of hydrogen-bond donors (Lipinski definition) is 1. The summed E-state index contributed by atoms with van der Waals surface area (Å²) in [6, 6.07) is 7.43. The standard InChI is InChI=1S/C14H18ClNO2/c1-10(17)11-4-5-13(12(15)8-11)18-7-6-14(2,3)9-16/h4-5,8,10,17H,6-7H2,1-3H3/t10-/m1/s1. The Labute approximate surface area is 113 Å². The van der Waals surface area contributed by atoms with Crippen LogP contribution in [0.25, 0.3) is 0 Å². The molecule has 98 valence electrons. The highest BCUT2D eigenvalue weighted by Crippen LogP contribution is 2.28. The summed E-state index contributed by atoms with van der Waals surface area (Å²) in [5.41, 5.74) is 0.358. The summed E-state index contributed by atoms with van der Waals surface area (Å²) >= 11 is 6.06. The lowest BCUT2D eigenvalue weighted by Gasteiger charge is -2.16. The maximum absolute atomic E-state index is 9.42. The number of ether oxygens (including phenoxy) is 1. The molecule has 1 aromatic carbocycles. The van der Waals surface area contributed by atoms with Gasteiger partial charge in [-0.3, -0.25) is 0 Å². The van der Waals surface area contributed by atoms with Crippen LogP contribution in [0, 0.1) is 16.7 Å². The van der Waals surface area contributed by atoms with Crippen LogP contribution in [0.2, 0.25) is 5.02 Å². The van der Waals surface area contributed by atoms with E-state index in [1.165, 1.54) is 0 Å². The Morgan fingerprint density at radius 3 is 2.67 bits per heavy atom. The third-order valence-electron chi connectivity index (χ3n) is 2.73. The molecule has 0 aliphatic carbocycles. The van der Waals surface area contributed by atoms with Crippen LogP contribution in [0.1, 0.15) is 38.9 Å². The Kier molecular flexibility index (Phi) is 5.01. The van der Waals surface area contributed by atoms with Crippen molar-refractivity contribution in [1.29, 1.82) is 5.26 Å². The summed E-state index contributed by atoms with van der Waals surface area (Å²) in [5.74, 6) is 0.579. The molecule has 0 saturated heterocycles. The fourth-order valence-corrected chi connectivity index (χ4v) is 1.61. The predicted octanol–water partition coefficient (Wildman–Crippen LogP) is 3.71. The average Bonchev–Trinajstić information content (AvgIpc) is 2.31. The Bertz CT molecular complexity index is 450. The van der Waals surface area contributed by atoms with Crippen molar-refractivity contribution in [3.63, 3.8) is 0 Å². The van der Waals surface area contributed by atoms with Crippen molar-refractivity contribution in [3.05, 3.63) is 28.8 Å². The highest BCUT2D eigenvalue weighted by Gasteiger charge is 2.16. The monoisotopic (exact) mass is 267 g/mol. The summed E-state index contributed by atoms with van der Waals surface area (Å²) in [4.78, 5) is 0. The minimum atomic E-state index is -0.547. The van der Waals surface area contributed by atoms with Crippen LogP contribution in [0.3, 0.4) is 0 Å². The summed E-state index contributed by atoms with van der Waals surface area (Å²) < 4.78 is 5.54. The SMILES string of the molecule is C[C@@H](O)c1ccc(OCCC(C)(C)C#N)c(Cl)c1. The van der Waals surface area contributed by atoms with Crippen molar-refractivity contribution < 1.29 is 9.84 Å². The van der Waals surface area contributed by atoms with Gasteiger partial charge >= 0.3 is 0 Å². The van der Waals surface area contributed by atoms with E-state index in [9.17, 15) is 5.11 Å². The molecule has 0 unspecified atom stereocenters. The molecule has 1 N–H and O–H groups in total. The molecule has 0 aliphatic rings. The van der Waals surface area contributed by atoms with Crippen molar-refractivity contribution in [3.8, 4) is 11.8 Å². The highest BCUT2D eigenvalue weighted by molar-refractivity contribution is 6.32. The Balaban J connectivity index is 2.62. The maximum Gasteiger partial charge on any atom is 0.137 e. The summed E-state index contributed by atoms with van der Waals surface area (Å²) in [7, 11) is 0. The van der Waals surface area contributed by atoms with Gasteiger partial charge in [-0.25, -0.2) is 0 Å². The molecule has 18 heavy (non-hydrogen) atoms. The molecule has 1 rings (SSSR count). The van der Waals surface area contributed by atoms with E-state index < -0.39 is 11.5 Å². The fraction of sp³-hybridized carbons (Fsp3) is 0.500. The lowest BCUT2D eigenvalue weighted by atomic mass is 9.92. The van der Waals surface area contributed by atoms with Crippen LogP contribution >= 0.6 is 11.6 Å². The van der Waals surface area contributed by atoms with E-state index in [1.54, 1.807) is 25.1 Å². The zero-order valence-corrected chi connectivity index (χ0v) is 11.7. The number of benzene rings is 1. The first-order valence-electron chi connectivity index (χ1n) is 5.87. The van der Waals surface area contributed by atoms with E-state index in [4.69, 9.17) is 21.6 Å². The maximum atomic E-state index is 9.42. The van der Waals surface area contributed by atoms with Gasteiger partial charge in [-0.05, 0) is 44.9 Å². The van der Waals surface area contributed by atoms with E-state index in [0.29, 0.717) is 23.8 Å². The molecule has 0 aromatic heterocycles. The number of nitrogens with zero attached hydrogens (tertiary/aromatic N) is 1. The highest BCUT2D eigenvalue weighted by atomic mass is 35.5. The molecule has 0 radical (unpaired) electrons. The van der Waals surface area contributed by atoms with Crippen LogP contribution in [0.5, 0.6) is 5.75 Å². The van der Waals surface area contributed by atoms with Crippen molar-refractivity contribution in [2.45, 2.75) is 33.3 Å². The average molecular weight is 268 g/mol. The van der Waals surface area contributed by atoms with Gasteiger partial charge in [0.25, 0.3) is 0 Å². The molecular weight excluding hydrogens is 250 g/mol. The van der Waals surface area contributed by atoms with Gasteiger partial charge in [0.1, 0.15) is 5.75 Å². The molecule has 0 saturated carbocycles. The minimum absolute atomic E-state index is 0.397. The van der Waals surface area contributed by atoms with Crippen molar-refractivity contribution in [1.82, 2.24) is 0 Å². The molecule has 0 bridgehead atoms. The Morgan fingerprint density at radius 2 is 2.17 bits per heavy atom. The molecule has 0 amide bonds. The lowest BCUT2D eigenvalue weighted by molar-refractivity contribution is 0.199. The van der Waals surface area contributed by atoms with Crippen molar-refractivity contribution >= 4 is 11.6 Å². The van der Waals surface area contributed by atoms with Gasteiger partial charge in [-0.1, -0.05) is 17.7 Å². The lowest BCUT2D eigenvalue weighted by Crippen LogP contribution is -2.13. The summed E-state index contributed by atoms with van der Waals surface area (Å²) in [6.45, 7) is 5.86. The topological polar surface area (TPSA) is 53.2 Å². The largest absolute Gasteiger partial charge is 0.492 e. The first-order chi connectivity index (χ1) is 8.35. The first kappa shape index (κ1) is 14.8. The predicted molar refractivity (Wildman–Crippen MR) is 71.6 cm³/mol. The zero-order chi connectivity index (χ0) is 13.8. The third kappa shape index (κ3) is 4.21. The molecule has 4 heteroatoms. The summed E-state index contributed by atoms with van der Waals surface area (Å²) in [5, 5.41) is 18.8. The minimum Gasteiger partial charge on any atom is -0.492 e. The summed E-state index contributed by atoms with van der Waals surface area (Å²) in [6.07, 6.45) is 0.0897. The Hall–Kier alpha value is -1.24. The van der Waals surface area contributed by atoms with Gasteiger partial charge < -0.3 is 9.84 Å². The van der Waals surface area contributed by atoms with Crippen molar-refractivity contribution in [2.24, 2.45) is 5.41 Å². The van der Waals surface area contributed by atoms with Crippen LogP contribution in [0.15, 0.2) is 18.2 Å². The molecule has 1 aromatic rings. The van der Waals surface area contributed by atoms with Crippen LogP contribution in [0.4, 0.5) is 0 Å². The van der Waals surface area contributed by atoms with Crippen LogP contribution in [-0.2, 0) is 0 Å². The number of rotatable bonds is 5.